The van der Waals surface area contributed by atoms with E-state index in [1.54, 1.807) is 12.3 Å². The molecule has 2 saturated heterocycles. The number of fused-ring (bicyclic) bond motifs is 2. The number of hydrogen-bond acceptors (Lipinski definition) is 7. The number of amides is 1. The zero-order valence-electron chi connectivity index (χ0n) is 25.6. The minimum atomic E-state index is -0.472. The third kappa shape index (κ3) is 4.70. The Bertz CT molecular complexity index is 1780. The number of aryl methyl sites for hydroxylation is 1. The average Bonchev–Trinajstić information content (AvgIpc) is 3.71. The number of rotatable bonds is 7. The number of anilines is 2. The quantitative estimate of drug-likeness (QED) is 0.272. The third-order valence-electron chi connectivity index (χ3n) is 9.64. The molecular weight excluding hydrogens is 579 g/mol. The lowest BCUT2D eigenvalue weighted by molar-refractivity contribution is -0.128. The van der Waals surface area contributed by atoms with Gasteiger partial charge in [-0.1, -0.05) is 31.2 Å². The van der Waals surface area contributed by atoms with Crippen LogP contribution in [0.15, 0.2) is 37.1 Å². The molecule has 11 heteroatoms. The lowest BCUT2D eigenvalue weighted by atomic mass is 9.95. The number of H-pyrrole nitrogens is 1. The molecule has 9 nitrogen and oxygen atoms in total. The summed E-state index contributed by atoms with van der Waals surface area (Å²) in [7, 11) is 0. The van der Waals surface area contributed by atoms with Crippen LogP contribution < -0.4 is 9.80 Å². The first kappa shape index (κ1) is 29.0. The van der Waals surface area contributed by atoms with Crippen LogP contribution >= 0.6 is 11.6 Å². The van der Waals surface area contributed by atoms with Crippen molar-refractivity contribution in [1.82, 2.24) is 30.0 Å². The van der Waals surface area contributed by atoms with Gasteiger partial charge in [-0.05, 0) is 63.9 Å². The number of carbonyl (C=O) groups excluding carboxylic acids is 1. The maximum Gasteiger partial charge on any atom is 0.246 e. The molecule has 1 amide bonds. The zero-order valence-corrected chi connectivity index (χ0v) is 26.4. The first-order valence-corrected chi connectivity index (χ1v) is 15.9. The molecule has 1 N–H and O–H groups in total. The van der Waals surface area contributed by atoms with Crippen molar-refractivity contribution in [1.29, 1.82) is 0 Å². The smallest absolute Gasteiger partial charge is 0.246 e. The maximum atomic E-state index is 17.0. The van der Waals surface area contributed by atoms with Crippen LogP contribution in [0, 0.1) is 12.7 Å². The van der Waals surface area contributed by atoms with Crippen molar-refractivity contribution in [2.45, 2.75) is 64.7 Å². The van der Waals surface area contributed by atoms with E-state index < -0.39 is 5.82 Å². The van der Waals surface area contributed by atoms with E-state index in [9.17, 15) is 4.79 Å². The number of hydrogen-bond donors (Lipinski definition) is 1. The largest absolute Gasteiger partial charge is 0.349 e. The first-order valence-electron chi connectivity index (χ1n) is 15.5. The number of aromatic nitrogens is 4. The monoisotopic (exact) mass is 616 g/mol. The Hall–Kier alpha value is -3.76. The molecule has 2 aromatic carbocycles. The van der Waals surface area contributed by atoms with E-state index in [-0.39, 0.29) is 28.5 Å². The number of benzene rings is 2. The number of nitrogens with zero attached hydrogens (tertiary/aromatic N) is 7. The fraction of sp³-hybridized carbons (Fsp3) is 0.455. The van der Waals surface area contributed by atoms with Gasteiger partial charge < -0.3 is 14.7 Å². The second-order valence-electron chi connectivity index (χ2n) is 12.5. The molecule has 1 saturated carbocycles. The van der Waals surface area contributed by atoms with Gasteiger partial charge in [0, 0.05) is 72.2 Å². The Balaban J connectivity index is 1.36. The minimum Gasteiger partial charge on any atom is -0.349 e. The van der Waals surface area contributed by atoms with E-state index in [4.69, 9.17) is 21.6 Å². The molecule has 7 rings (SSSR count). The normalized spacial score (nSPS) is 21.0. The van der Waals surface area contributed by atoms with Crippen molar-refractivity contribution in [3.63, 3.8) is 0 Å². The molecule has 1 aliphatic carbocycles. The number of likely N-dealkylation sites (N-methyl/N-ethyl adjacent to an activating group) is 1. The van der Waals surface area contributed by atoms with Gasteiger partial charge in [-0.3, -0.25) is 14.8 Å². The first-order chi connectivity index (χ1) is 21.2. The predicted molar refractivity (Wildman–Crippen MR) is 174 cm³/mol. The summed E-state index contributed by atoms with van der Waals surface area (Å²) >= 11 is 6.96. The Morgan fingerprint density at radius 3 is 2.59 bits per heavy atom. The fourth-order valence-electron chi connectivity index (χ4n) is 7.11. The third-order valence-corrected chi connectivity index (χ3v) is 9.94. The van der Waals surface area contributed by atoms with Gasteiger partial charge in [-0.2, -0.15) is 10.1 Å². The number of nitrogens with one attached hydrogen (secondary N) is 1. The highest BCUT2D eigenvalue weighted by molar-refractivity contribution is 6.35. The number of piperazine rings is 1. The summed E-state index contributed by atoms with van der Waals surface area (Å²) in [5, 5.41) is 8.84. The van der Waals surface area contributed by atoms with Gasteiger partial charge >= 0.3 is 0 Å². The predicted octanol–water partition coefficient (Wildman–Crippen LogP) is 5.56. The highest BCUT2D eigenvalue weighted by Crippen LogP contribution is 2.43. The summed E-state index contributed by atoms with van der Waals surface area (Å²) in [5.41, 5.74) is 2.96. The van der Waals surface area contributed by atoms with Crippen molar-refractivity contribution in [3.8, 4) is 11.1 Å². The summed E-state index contributed by atoms with van der Waals surface area (Å²) in [4.78, 5) is 31.3. The Morgan fingerprint density at radius 1 is 1.11 bits per heavy atom. The van der Waals surface area contributed by atoms with Gasteiger partial charge in [0.15, 0.2) is 5.82 Å². The summed E-state index contributed by atoms with van der Waals surface area (Å²) < 4.78 is 17.0. The molecule has 0 spiro atoms. The van der Waals surface area contributed by atoms with E-state index in [1.807, 2.05) is 30.9 Å². The van der Waals surface area contributed by atoms with E-state index >= 15 is 4.39 Å². The van der Waals surface area contributed by atoms with Gasteiger partial charge in [0.05, 0.1) is 16.7 Å². The second kappa shape index (κ2) is 11.0. The van der Waals surface area contributed by atoms with E-state index in [0.29, 0.717) is 53.5 Å². The maximum absolute atomic E-state index is 17.0. The lowest BCUT2D eigenvalue weighted by Gasteiger charge is -2.46. The highest BCUT2D eigenvalue weighted by atomic mass is 35.5. The van der Waals surface area contributed by atoms with E-state index in [0.717, 1.165) is 36.1 Å². The molecule has 4 aromatic rings. The SMILES string of the molecule is C=CC(=O)N1C[C@H](C)N(c2nc(N3CC(N(CC)C4CC4)C3)nc3c(F)c(-c4c(C)ccc5[nH]ncc45)c(Cl)cc23)C[C@H]1C. The number of carbonyl (C=O) groups is 1. The van der Waals surface area contributed by atoms with Crippen LogP contribution in [-0.4, -0.2) is 92.8 Å². The molecule has 0 bridgehead atoms. The summed E-state index contributed by atoms with van der Waals surface area (Å²) in [5.74, 6) is 0.590. The van der Waals surface area contributed by atoms with Crippen LogP contribution in [0.4, 0.5) is 16.2 Å². The Kier molecular flexibility index (Phi) is 7.24. The van der Waals surface area contributed by atoms with Crippen molar-refractivity contribution in [2.24, 2.45) is 0 Å². The molecule has 2 aromatic heterocycles. The van der Waals surface area contributed by atoms with Gasteiger partial charge in [0.1, 0.15) is 11.3 Å². The van der Waals surface area contributed by atoms with Crippen molar-refractivity contribution in [2.75, 3.05) is 42.5 Å². The second-order valence-corrected chi connectivity index (χ2v) is 13.0. The summed E-state index contributed by atoms with van der Waals surface area (Å²) in [6.45, 7) is 15.6. The lowest BCUT2D eigenvalue weighted by Crippen LogP contribution is -2.61. The van der Waals surface area contributed by atoms with Gasteiger partial charge in [0.25, 0.3) is 0 Å². The van der Waals surface area contributed by atoms with Crippen molar-refractivity contribution >= 4 is 51.1 Å². The summed E-state index contributed by atoms with van der Waals surface area (Å²) in [6.07, 6.45) is 5.59. The zero-order chi connectivity index (χ0) is 30.9. The topological polar surface area (TPSA) is 84.5 Å². The Labute approximate surface area is 261 Å². The van der Waals surface area contributed by atoms with E-state index in [2.05, 4.69) is 45.3 Å². The molecule has 3 aliphatic rings. The summed E-state index contributed by atoms with van der Waals surface area (Å²) in [6, 6.07) is 6.64. The molecular formula is C33H38ClFN8O. The molecule has 230 valence electrons. The van der Waals surface area contributed by atoms with Crippen LogP contribution in [0.5, 0.6) is 0 Å². The van der Waals surface area contributed by atoms with E-state index in [1.165, 1.54) is 18.9 Å². The molecule has 2 aliphatic heterocycles. The van der Waals surface area contributed by atoms with Gasteiger partial charge in [-0.25, -0.2) is 9.37 Å². The van der Waals surface area contributed by atoms with Crippen LogP contribution in [0.1, 0.15) is 39.2 Å². The van der Waals surface area contributed by atoms with Gasteiger partial charge in [-0.15, -0.1) is 0 Å². The molecule has 4 heterocycles. The fourth-order valence-corrected chi connectivity index (χ4v) is 7.40. The average molecular weight is 617 g/mol. The van der Waals surface area contributed by atoms with Crippen LogP contribution in [0.3, 0.4) is 0 Å². The molecule has 0 radical (unpaired) electrons. The highest BCUT2D eigenvalue weighted by Gasteiger charge is 2.41. The van der Waals surface area contributed by atoms with Crippen molar-refractivity contribution in [3.05, 3.63) is 53.5 Å². The standard InChI is InChI=1S/C33H38ClFN8O/c1-6-27(44)42-14-20(5)43(15-19(42)4)32-23-12-25(34)29(28-18(3)8-11-26-24(28)13-36-39-26)30(35)31(23)37-33(38-32)40-16-22(17-40)41(7-2)21-9-10-21/h6,8,11-13,19-22H,1,7,9-10,14-17H2,2-5H3,(H,36,39)/t19-,20+/m1/s1. The van der Waals surface area contributed by atoms with Crippen LogP contribution in [-0.2, 0) is 4.79 Å². The molecule has 3 fully saturated rings. The Morgan fingerprint density at radius 2 is 1.89 bits per heavy atom. The molecule has 44 heavy (non-hydrogen) atoms. The van der Waals surface area contributed by atoms with Gasteiger partial charge in [0.2, 0.25) is 11.9 Å². The minimum absolute atomic E-state index is 0.0703. The molecule has 2 atom stereocenters. The molecule has 0 unspecified atom stereocenters. The number of aromatic amines is 1. The van der Waals surface area contributed by atoms with Crippen LogP contribution in [0.2, 0.25) is 5.02 Å². The number of halogens is 2. The van der Waals surface area contributed by atoms with Crippen LogP contribution in [0.25, 0.3) is 32.9 Å². The van der Waals surface area contributed by atoms with Crippen molar-refractivity contribution < 1.29 is 9.18 Å².